The fourth-order valence-electron chi connectivity index (χ4n) is 2.82. The summed E-state index contributed by atoms with van der Waals surface area (Å²) >= 11 is 0. The van der Waals surface area contributed by atoms with E-state index in [1.807, 2.05) is 48.5 Å². The zero-order valence-electron chi connectivity index (χ0n) is 16.1. The van der Waals surface area contributed by atoms with Crippen molar-refractivity contribution in [3.63, 3.8) is 0 Å². The van der Waals surface area contributed by atoms with E-state index < -0.39 is 0 Å². The highest BCUT2D eigenvalue weighted by atomic mass is 16.5. The highest BCUT2D eigenvalue weighted by Gasteiger charge is 2.17. The van der Waals surface area contributed by atoms with Gasteiger partial charge in [-0.2, -0.15) is 0 Å². The molecule has 0 unspecified atom stereocenters. The summed E-state index contributed by atoms with van der Waals surface area (Å²) in [7, 11) is 3.25. The number of hydrogen-bond donors (Lipinski definition) is 2. The summed E-state index contributed by atoms with van der Waals surface area (Å²) in [5.74, 6) is 2.54. The van der Waals surface area contributed by atoms with Crippen LogP contribution in [-0.2, 0) is 6.42 Å². The molecule has 1 atom stereocenters. The van der Waals surface area contributed by atoms with Crippen molar-refractivity contribution in [3.05, 3.63) is 71.5 Å². The first kappa shape index (κ1) is 19.3. The van der Waals surface area contributed by atoms with E-state index in [0.29, 0.717) is 18.0 Å². The second kappa shape index (κ2) is 8.94. The van der Waals surface area contributed by atoms with Gasteiger partial charge in [-0.05, 0) is 48.7 Å². The SMILES string of the molecule is COc1ccc(C[C@H](NC(=O)Nc2cc(C)on2)c2ccc(OC)cc2)cc1. The number of carbonyl (C=O) groups is 1. The van der Waals surface area contributed by atoms with Gasteiger partial charge < -0.3 is 19.3 Å². The number of rotatable bonds is 7. The third kappa shape index (κ3) is 5.03. The number of nitrogens with zero attached hydrogens (tertiary/aromatic N) is 1. The third-order valence-corrected chi connectivity index (χ3v) is 4.29. The molecule has 3 aromatic rings. The van der Waals surface area contributed by atoms with E-state index >= 15 is 0 Å². The first-order valence-electron chi connectivity index (χ1n) is 8.85. The van der Waals surface area contributed by atoms with Crippen LogP contribution < -0.4 is 20.1 Å². The molecule has 7 nitrogen and oxygen atoms in total. The zero-order chi connectivity index (χ0) is 19.9. The number of ether oxygens (including phenoxy) is 2. The summed E-state index contributed by atoms with van der Waals surface area (Å²) in [5.41, 5.74) is 2.03. The molecule has 0 spiro atoms. The van der Waals surface area contributed by atoms with Crippen LogP contribution in [0.5, 0.6) is 11.5 Å². The number of benzene rings is 2. The van der Waals surface area contributed by atoms with Gasteiger partial charge in [0.25, 0.3) is 0 Å². The van der Waals surface area contributed by atoms with E-state index in [1.165, 1.54) is 0 Å². The smallest absolute Gasteiger partial charge is 0.320 e. The molecule has 0 aliphatic heterocycles. The van der Waals surface area contributed by atoms with Crippen LogP contribution >= 0.6 is 0 Å². The van der Waals surface area contributed by atoms with Crippen molar-refractivity contribution >= 4 is 11.8 Å². The molecule has 3 rings (SSSR count). The van der Waals surface area contributed by atoms with Crippen molar-refractivity contribution < 1.29 is 18.8 Å². The van der Waals surface area contributed by atoms with E-state index in [-0.39, 0.29) is 12.1 Å². The molecule has 1 heterocycles. The molecule has 2 amide bonds. The van der Waals surface area contributed by atoms with Crippen LogP contribution in [0, 0.1) is 6.92 Å². The van der Waals surface area contributed by atoms with Gasteiger partial charge in [0, 0.05) is 6.07 Å². The number of aromatic nitrogens is 1. The van der Waals surface area contributed by atoms with Crippen LogP contribution in [0.3, 0.4) is 0 Å². The van der Waals surface area contributed by atoms with E-state index in [1.54, 1.807) is 27.2 Å². The van der Waals surface area contributed by atoms with Crippen molar-refractivity contribution in [1.82, 2.24) is 10.5 Å². The van der Waals surface area contributed by atoms with Crippen LogP contribution in [0.25, 0.3) is 0 Å². The highest BCUT2D eigenvalue weighted by molar-refractivity contribution is 5.88. The molecule has 28 heavy (non-hydrogen) atoms. The topological polar surface area (TPSA) is 85.6 Å². The first-order valence-corrected chi connectivity index (χ1v) is 8.85. The van der Waals surface area contributed by atoms with Crippen LogP contribution in [-0.4, -0.2) is 25.4 Å². The molecule has 7 heteroatoms. The van der Waals surface area contributed by atoms with E-state index in [4.69, 9.17) is 14.0 Å². The van der Waals surface area contributed by atoms with Crippen molar-refractivity contribution in [3.8, 4) is 11.5 Å². The first-order chi connectivity index (χ1) is 13.6. The average molecular weight is 381 g/mol. The maximum Gasteiger partial charge on any atom is 0.320 e. The zero-order valence-corrected chi connectivity index (χ0v) is 16.1. The van der Waals surface area contributed by atoms with Crippen molar-refractivity contribution in [1.29, 1.82) is 0 Å². The molecule has 0 radical (unpaired) electrons. The Kier molecular flexibility index (Phi) is 6.16. The number of anilines is 1. The monoisotopic (exact) mass is 381 g/mol. The van der Waals surface area contributed by atoms with Crippen LogP contribution in [0.15, 0.2) is 59.1 Å². The van der Waals surface area contributed by atoms with Crippen molar-refractivity contribution in [2.75, 3.05) is 19.5 Å². The minimum atomic E-state index is -0.359. The lowest BCUT2D eigenvalue weighted by Crippen LogP contribution is -2.33. The Morgan fingerprint density at radius 1 is 1.04 bits per heavy atom. The highest BCUT2D eigenvalue weighted by Crippen LogP contribution is 2.23. The molecule has 0 saturated heterocycles. The molecule has 2 aromatic carbocycles. The second-order valence-electron chi connectivity index (χ2n) is 6.30. The molecule has 0 bridgehead atoms. The van der Waals surface area contributed by atoms with Gasteiger partial charge in [0.1, 0.15) is 17.3 Å². The minimum Gasteiger partial charge on any atom is -0.497 e. The quantitative estimate of drug-likeness (QED) is 0.643. The lowest BCUT2D eigenvalue weighted by molar-refractivity contribution is 0.248. The molecule has 1 aromatic heterocycles. The Balaban J connectivity index is 1.76. The van der Waals surface area contributed by atoms with Gasteiger partial charge in [-0.25, -0.2) is 4.79 Å². The van der Waals surface area contributed by atoms with E-state index in [0.717, 1.165) is 22.6 Å². The molecule has 0 aliphatic carbocycles. The minimum absolute atomic E-state index is 0.243. The third-order valence-electron chi connectivity index (χ3n) is 4.29. The number of hydrogen-bond acceptors (Lipinski definition) is 5. The number of methoxy groups -OCH3 is 2. The number of nitrogens with one attached hydrogen (secondary N) is 2. The molecule has 146 valence electrons. The van der Waals surface area contributed by atoms with Gasteiger partial charge in [0.15, 0.2) is 5.82 Å². The number of carbonyl (C=O) groups excluding carboxylic acids is 1. The van der Waals surface area contributed by atoms with Gasteiger partial charge in [0.2, 0.25) is 0 Å². The number of amides is 2. The predicted octanol–water partition coefficient (Wildman–Crippen LogP) is 4.11. The summed E-state index contributed by atoms with van der Waals surface area (Å²) in [6.07, 6.45) is 0.613. The maximum absolute atomic E-state index is 12.5. The summed E-state index contributed by atoms with van der Waals surface area (Å²) in [6, 6.07) is 16.4. The predicted molar refractivity (Wildman–Crippen MR) is 106 cm³/mol. The van der Waals surface area contributed by atoms with Gasteiger partial charge in [-0.15, -0.1) is 0 Å². The van der Waals surface area contributed by atoms with E-state index in [9.17, 15) is 4.79 Å². The molecule has 0 saturated carbocycles. The van der Waals surface area contributed by atoms with Gasteiger partial charge in [-0.1, -0.05) is 29.4 Å². The van der Waals surface area contributed by atoms with Gasteiger partial charge in [0.05, 0.1) is 20.3 Å². The Morgan fingerprint density at radius 3 is 2.18 bits per heavy atom. The Morgan fingerprint density at radius 2 is 1.64 bits per heavy atom. The largest absolute Gasteiger partial charge is 0.497 e. The standard InChI is InChI=1S/C21H23N3O4/c1-14-12-20(24-28-14)23-21(25)22-19(16-6-10-18(27-3)11-7-16)13-15-4-8-17(26-2)9-5-15/h4-12,19H,13H2,1-3H3,(H2,22,23,24,25)/t19-/m0/s1. The van der Waals surface area contributed by atoms with Gasteiger partial charge >= 0.3 is 6.03 Å². The fraction of sp³-hybridized carbons (Fsp3) is 0.238. The molecular formula is C21H23N3O4. The lowest BCUT2D eigenvalue weighted by atomic mass is 9.98. The molecule has 2 N–H and O–H groups in total. The summed E-state index contributed by atoms with van der Waals surface area (Å²) < 4.78 is 15.4. The van der Waals surface area contributed by atoms with Crippen molar-refractivity contribution in [2.45, 2.75) is 19.4 Å². The van der Waals surface area contributed by atoms with E-state index in [2.05, 4.69) is 15.8 Å². The van der Waals surface area contributed by atoms with Crippen LogP contribution in [0.4, 0.5) is 10.6 Å². The summed E-state index contributed by atoms with van der Waals surface area (Å²) in [5, 5.41) is 9.48. The fourth-order valence-corrected chi connectivity index (χ4v) is 2.82. The Hall–Kier alpha value is -3.48. The van der Waals surface area contributed by atoms with Crippen LogP contribution in [0.2, 0.25) is 0 Å². The average Bonchev–Trinajstić information content (AvgIpc) is 3.12. The number of urea groups is 1. The number of aryl methyl sites for hydroxylation is 1. The maximum atomic E-state index is 12.5. The molecule has 0 aliphatic rings. The van der Waals surface area contributed by atoms with Gasteiger partial charge in [-0.3, -0.25) is 5.32 Å². The Bertz CT molecular complexity index is 904. The lowest BCUT2D eigenvalue weighted by Gasteiger charge is -2.20. The van der Waals surface area contributed by atoms with Crippen molar-refractivity contribution in [2.24, 2.45) is 0 Å². The molecular weight excluding hydrogens is 358 g/mol. The summed E-state index contributed by atoms with van der Waals surface area (Å²) in [4.78, 5) is 12.5. The Labute approximate surface area is 163 Å². The van der Waals surface area contributed by atoms with Crippen LogP contribution in [0.1, 0.15) is 22.9 Å². The second-order valence-corrected chi connectivity index (χ2v) is 6.30. The molecule has 0 fully saturated rings. The summed E-state index contributed by atoms with van der Waals surface area (Å²) in [6.45, 7) is 1.76. The normalized spacial score (nSPS) is 11.5.